The zero-order chi connectivity index (χ0) is 13.6. The number of hydrogen-bond acceptors (Lipinski definition) is 3. The summed E-state index contributed by atoms with van der Waals surface area (Å²) < 4.78 is 0. The molecule has 0 aromatic heterocycles. The van der Waals surface area contributed by atoms with Crippen molar-refractivity contribution >= 4 is 11.9 Å². The van der Waals surface area contributed by atoms with E-state index in [2.05, 4.69) is 0 Å². The lowest BCUT2D eigenvalue weighted by molar-refractivity contribution is -0.138. The number of aliphatic hydroxyl groups is 1. The zero-order valence-corrected chi connectivity index (χ0v) is 11.0. The van der Waals surface area contributed by atoms with Crippen molar-refractivity contribution < 1.29 is 19.8 Å². The van der Waals surface area contributed by atoms with Crippen LogP contribution in [0, 0.1) is 17.8 Å². The van der Waals surface area contributed by atoms with Crippen molar-refractivity contribution in [1.29, 1.82) is 0 Å². The van der Waals surface area contributed by atoms with Gasteiger partial charge in [0.2, 0.25) is 5.91 Å². The Balaban J connectivity index is 1.52. The molecule has 2 bridgehead atoms. The van der Waals surface area contributed by atoms with E-state index < -0.39 is 5.97 Å². The lowest BCUT2D eigenvalue weighted by Crippen LogP contribution is -2.43. The molecule has 3 rings (SSSR count). The molecule has 106 valence electrons. The Hall–Kier alpha value is -1.10. The molecule has 0 aromatic carbocycles. The molecular formula is C14H21NO4. The highest BCUT2D eigenvalue weighted by molar-refractivity contribution is 5.77. The number of amides is 1. The van der Waals surface area contributed by atoms with Crippen LogP contribution < -0.4 is 0 Å². The average molecular weight is 267 g/mol. The van der Waals surface area contributed by atoms with Crippen molar-refractivity contribution in [3.8, 4) is 0 Å². The molecule has 0 radical (unpaired) electrons. The molecule has 5 unspecified atom stereocenters. The molecule has 1 saturated heterocycles. The first-order chi connectivity index (χ1) is 9.08. The van der Waals surface area contributed by atoms with E-state index in [0.717, 1.165) is 19.4 Å². The van der Waals surface area contributed by atoms with Gasteiger partial charge in [0, 0.05) is 19.4 Å². The largest absolute Gasteiger partial charge is 0.481 e. The number of likely N-dealkylation sites (tertiary alicyclic amines) is 1. The third kappa shape index (κ3) is 2.14. The molecule has 3 fully saturated rings. The van der Waals surface area contributed by atoms with Crippen LogP contribution in [0.1, 0.15) is 38.5 Å². The molecule has 3 aliphatic rings. The normalized spacial score (nSPS) is 39.0. The van der Waals surface area contributed by atoms with Gasteiger partial charge < -0.3 is 15.1 Å². The van der Waals surface area contributed by atoms with E-state index in [0.29, 0.717) is 37.0 Å². The number of hydrogen-bond donors (Lipinski definition) is 2. The van der Waals surface area contributed by atoms with Gasteiger partial charge in [-0.25, -0.2) is 0 Å². The van der Waals surface area contributed by atoms with E-state index in [1.165, 1.54) is 0 Å². The molecule has 2 aliphatic carbocycles. The van der Waals surface area contributed by atoms with Crippen molar-refractivity contribution in [1.82, 2.24) is 4.90 Å². The number of aliphatic carboxylic acids is 1. The Morgan fingerprint density at radius 1 is 1.11 bits per heavy atom. The third-order valence-electron chi connectivity index (χ3n) is 5.20. The topological polar surface area (TPSA) is 77.8 Å². The predicted octanol–water partition coefficient (Wildman–Crippen LogP) is 0.859. The summed E-state index contributed by atoms with van der Waals surface area (Å²) >= 11 is 0. The number of fused-ring (bicyclic) bond motifs is 1. The van der Waals surface area contributed by atoms with E-state index in [-0.39, 0.29) is 24.5 Å². The Morgan fingerprint density at radius 2 is 1.84 bits per heavy atom. The lowest BCUT2D eigenvalue weighted by atomic mass is 9.88. The van der Waals surface area contributed by atoms with Crippen LogP contribution >= 0.6 is 0 Å². The standard InChI is InChI=1S/C14H21NO4/c16-11(3-1-2-4-12(17)18)15-7-9-5-8-6-10(9)13(15)14(8)19/h8-10,13-14,19H,1-7H2,(H,17,18). The fourth-order valence-corrected chi connectivity index (χ4v) is 4.40. The van der Waals surface area contributed by atoms with Crippen molar-refractivity contribution in [2.45, 2.75) is 50.7 Å². The second-order valence-electron chi connectivity index (χ2n) is 6.28. The predicted molar refractivity (Wildman–Crippen MR) is 67.3 cm³/mol. The molecular weight excluding hydrogens is 246 g/mol. The number of rotatable bonds is 5. The Labute approximate surface area is 112 Å². The Morgan fingerprint density at radius 3 is 2.53 bits per heavy atom. The highest BCUT2D eigenvalue weighted by atomic mass is 16.4. The maximum absolute atomic E-state index is 12.2. The average Bonchev–Trinajstić information content (AvgIpc) is 2.94. The fourth-order valence-electron chi connectivity index (χ4n) is 4.40. The minimum Gasteiger partial charge on any atom is -0.481 e. The third-order valence-corrected chi connectivity index (χ3v) is 5.20. The van der Waals surface area contributed by atoms with Gasteiger partial charge in [0.15, 0.2) is 0 Å². The van der Waals surface area contributed by atoms with Gasteiger partial charge >= 0.3 is 5.97 Å². The molecule has 19 heavy (non-hydrogen) atoms. The summed E-state index contributed by atoms with van der Waals surface area (Å²) in [6.07, 6.45) is 3.56. The van der Waals surface area contributed by atoms with Gasteiger partial charge in [-0.3, -0.25) is 9.59 Å². The fraction of sp³-hybridized carbons (Fsp3) is 0.857. The first kappa shape index (κ1) is 12.9. The first-order valence-corrected chi connectivity index (χ1v) is 7.27. The van der Waals surface area contributed by atoms with E-state index in [4.69, 9.17) is 5.11 Å². The van der Waals surface area contributed by atoms with Crippen LogP contribution in [0.4, 0.5) is 0 Å². The van der Waals surface area contributed by atoms with Crippen LogP contribution in [-0.4, -0.2) is 45.7 Å². The first-order valence-electron chi connectivity index (χ1n) is 7.27. The van der Waals surface area contributed by atoms with Gasteiger partial charge in [-0.15, -0.1) is 0 Å². The summed E-state index contributed by atoms with van der Waals surface area (Å²) in [7, 11) is 0. The molecule has 0 spiro atoms. The van der Waals surface area contributed by atoms with E-state index >= 15 is 0 Å². The summed E-state index contributed by atoms with van der Waals surface area (Å²) in [5.74, 6) is 0.819. The number of carbonyl (C=O) groups is 2. The van der Waals surface area contributed by atoms with Gasteiger partial charge in [-0.1, -0.05) is 0 Å². The van der Waals surface area contributed by atoms with Gasteiger partial charge in [0.25, 0.3) is 0 Å². The van der Waals surface area contributed by atoms with Crippen molar-refractivity contribution in [3.05, 3.63) is 0 Å². The van der Waals surface area contributed by atoms with Gasteiger partial charge in [0.1, 0.15) is 0 Å². The van der Waals surface area contributed by atoms with E-state index in [9.17, 15) is 14.7 Å². The number of carboxylic acid groups (broad SMARTS) is 1. The minimum atomic E-state index is -0.805. The maximum Gasteiger partial charge on any atom is 0.303 e. The summed E-state index contributed by atoms with van der Waals surface area (Å²) in [5, 5.41) is 18.8. The summed E-state index contributed by atoms with van der Waals surface area (Å²) in [5.41, 5.74) is 0. The van der Waals surface area contributed by atoms with Gasteiger partial charge in [-0.2, -0.15) is 0 Å². The van der Waals surface area contributed by atoms with Crippen LogP contribution in [0.3, 0.4) is 0 Å². The van der Waals surface area contributed by atoms with Crippen molar-refractivity contribution in [2.75, 3.05) is 6.54 Å². The van der Waals surface area contributed by atoms with Crippen LogP contribution in [0.15, 0.2) is 0 Å². The molecule has 2 saturated carbocycles. The van der Waals surface area contributed by atoms with Crippen LogP contribution in [0.25, 0.3) is 0 Å². The summed E-state index contributed by atoms with van der Waals surface area (Å²) in [4.78, 5) is 24.5. The molecule has 2 N–H and O–H groups in total. The molecule has 5 heteroatoms. The smallest absolute Gasteiger partial charge is 0.303 e. The van der Waals surface area contributed by atoms with Crippen LogP contribution in [0.5, 0.6) is 0 Å². The van der Waals surface area contributed by atoms with Crippen molar-refractivity contribution in [3.63, 3.8) is 0 Å². The maximum atomic E-state index is 12.2. The van der Waals surface area contributed by atoms with E-state index in [1.54, 1.807) is 0 Å². The van der Waals surface area contributed by atoms with Gasteiger partial charge in [-0.05, 0) is 43.4 Å². The number of unbranched alkanes of at least 4 members (excludes halogenated alkanes) is 1. The lowest BCUT2D eigenvalue weighted by Gasteiger charge is -2.29. The Kier molecular flexibility index (Phi) is 3.25. The highest BCUT2D eigenvalue weighted by Gasteiger charge is 2.59. The number of aliphatic hydroxyl groups excluding tert-OH is 1. The number of carbonyl (C=O) groups excluding carboxylic acids is 1. The molecule has 5 atom stereocenters. The number of carboxylic acids is 1. The van der Waals surface area contributed by atoms with Gasteiger partial charge in [0.05, 0.1) is 12.1 Å². The molecule has 1 amide bonds. The molecule has 1 heterocycles. The minimum absolute atomic E-state index is 0.0516. The summed E-state index contributed by atoms with van der Waals surface area (Å²) in [6, 6.07) is 0.0516. The van der Waals surface area contributed by atoms with Crippen LogP contribution in [0.2, 0.25) is 0 Å². The quantitative estimate of drug-likeness (QED) is 0.724. The monoisotopic (exact) mass is 267 g/mol. The molecule has 1 aliphatic heterocycles. The number of nitrogens with zero attached hydrogens (tertiary/aromatic N) is 1. The highest BCUT2D eigenvalue weighted by Crippen LogP contribution is 2.54. The van der Waals surface area contributed by atoms with E-state index in [1.807, 2.05) is 4.90 Å². The molecule has 0 aromatic rings. The zero-order valence-electron chi connectivity index (χ0n) is 11.0. The SMILES string of the molecule is O=C(O)CCCCC(=O)N1CC2CC3CC2C1C3O. The van der Waals surface area contributed by atoms with Crippen LogP contribution in [-0.2, 0) is 9.59 Å². The second kappa shape index (κ2) is 4.78. The summed E-state index contributed by atoms with van der Waals surface area (Å²) in [6.45, 7) is 0.806. The Bertz CT molecular complexity index is 395. The van der Waals surface area contributed by atoms with Crippen molar-refractivity contribution in [2.24, 2.45) is 17.8 Å². The second-order valence-corrected chi connectivity index (χ2v) is 6.28. The molecule has 5 nitrogen and oxygen atoms in total.